The van der Waals surface area contributed by atoms with Crippen LogP contribution in [0.1, 0.15) is 17.3 Å². The molecule has 0 radical (unpaired) electrons. The maximum atomic E-state index is 12.3. The van der Waals surface area contributed by atoms with E-state index < -0.39 is 6.10 Å². The first-order valence-electron chi connectivity index (χ1n) is 7.39. The summed E-state index contributed by atoms with van der Waals surface area (Å²) in [6.07, 6.45) is 0.580. The van der Waals surface area contributed by atoms with Crippen LogP contribution in [0.5, 0.6) is 5.75 Å². The van der Waals surface area contributed by atoms with Crippen LogP contribution in [0.15, 0.2) is 46.8 Å². The predicted molar refractivity (Wildman–Crippen MR) is 91.8 cm³/mol. The Bertz CT molecular complexity index is 914. The number of fused-ring (bicyclic) bond motifs is 1. The van der Waals surface area contributed by atoms with E-state index in [1.807, 2.05) is 5.38 Å². The molecule has 2 heterocycles. The molecule has 0 spiro atoms. The van der Waals surface area contributed by atoms with Gasteiger partial charge >= 0.3 is 0 Å². The summed E-state index contributed by atoms with van der Waals surface area (Å²) < 4.78 is 7.45. The average molecular weight is 344 g/mol. The number of rotatable bonds is 6. The van der Waals surface area contributed by atoms with E-state index in [1.165, 1.54) is 29.2 Å². The first-order valence-corrected chi connectivity index (χ1v) is 8.27. The number of Topliss-reactive ketones (excluding diaryl/α,β-unsaturated/α-hetero) is 1. The van der Waals surface area contributed by atoms with Crippen molar-refractivity contribution >= 4 is 27.3 Å². The topological polar surface area (TPSA) is 81.4 Å². The lowest BCUT2D eigenvalue weighted by Crippen LogP contribution is -2.30. The van der Waals surface area contributed by atoms with Crippen molar-refractivity contribution in [2.45, 2.75) is 19.6 Å². The summed E-state index contributed by atoms with van der Waals surface area (Å²) in [5.74, 6) is 0.538. The van der Waals surface area contributed by atoms with Gasteiger partial charge in [-0.25, -0.2) is 4.98 Å². The summed E-state index contributed by atoms with van der Waals surface area (Å²) in [6, 6.07) is 8.48. The van der Waals surface area contributed by atoms with Crippen LogP contribution in [-0.4, -0.2) is 33.2 Å². The van der Waals surface area contributed by atoms with Crippen molar-refractivity contribution < 1.29 is 14.6 Å². The Morgan fingerprint density at radius 1 is 1.33 bits per heavy atom. The highest BCUT2D eigenvalue weighted by molar-refractivity contribution is 7.17. The molecule has 3 rings (SSSR count). The zero-order valence-corrected chi connectivity index (χ0v) is 13.8. The third kappa shape index (κ3) is 3.52. The van der Waals surface area contributed by atoms with Gasteiger partial charge in [0, 0.05) is 5.56 Å². The molecule has 2 aromatic heterocycles. The van der Waals surface area contributed by atoms with Crippen molar-refractivity contribution in [3.05, 3.63) is 58.0 Å². The molecule has 6 nitrogen and oxygen atoms in total. The monoisotopic (exact) mass is 344 g/mol. The molecule has 24 heavy (non-hydrogen) atoms. The van der Waals surface area contributed by atoms with Crippen LogP contribution < -0.4 is 10.3 Å². The Hall–Kier alpha value is -2.51. The first-order chi connectivity index (χ1) is 11.5. The highest BCUT2D eigenvalue weighted by Crippen LogP contribution is 2.14. The van der Waals surface area contributed by atoms with Gasteiger partial charge in [-0.15, -0.1) is 11.3 Å². The molecule has 1 N–H and O–H groups in total. The predicted octanol–water partition coefficient (Wildman–Crippen LogP) is 2.10. The zero-order chi connectivity index (χ0) is 17.1. The second kappa shape index (κ2) is 6.94. The average Bonchev–Trinajstić information content (AvgIpc) is 3.05. The van der Waals surface area contributed by atoms with Crippen molar-refractivity contribution in [3.8, 4) is 5.75 Å². The van der Waals surface area contributed by atoms with Gasteiger partial charge in [0.05, 0.1) is 18.4 Å². The highest BCUT2D eigenvalue weighted by Gasteiger charge is 2.11. The van der Waals surface area contributed by atoms with Crippen LogP contribution in [0.4, 0.5) is 0 Å². The second-order valence-corrected chi connectivity index (χ2v) is 6.30. The molecule has 1 unspecified atom stereocenters. The van der Waals surface area contributed by atoms with Gasteiger partial charge in [0.2, 0.25) is 0 Å². The fraction of sp³-hybridized carbons (Fsp3) is 0.235. The van der Waals surface area contributed by atoms with Crippen LogP contribution in [0.3, 0.4) is 0 Å². The molecule has 0 bridgehead atoms. The number of carbonyl (C=O) groups excluding carboxylic acids is 1. The number of benzene rings is 1. The van der Waals surface area contributed by atoms with Gasteiger partial charge in [-0.1, -0.05) is 0 Å². The molecule has 0 aliphatic carbocycles. The minimum Gasteiger partial charge on any atom is -0.491 e. The number of ether oxygens (including phenoxy) is 1. The van der Waals surface area contributed by atoms with Gasteiger partial charge < -0.3 is 9.84 Å². The fourth-order valence-electron chi connectivity index (χ4n) is 2.27. The number of thiophene rings is 1. The van der Waals surface area contributed by atoms with Crippen LogP contribution in [0.25, 0.3) is 10.2 Å². The van der Waals surface area contributed by atoms with Crippen molar-refractivity contribution in [2.75, 3.05) is 6.61 Å². The molecule has 1 atom stereocenters. The maximum absolute atomic E-state index is 12.3. The minimum absolute atomic E-state index is 0.0163. The van der Waals surface area contributed by atoms with Crippen molar-refractivity contribution in [3.63, 3.8) is 0 Å². The summed E-state index contributed by atoms with van der Waals surface area (Å²) in [4.78, 5) is 27.7. The molecular formula is C17H16N2O4S. The second-order valence-electron chi connectivity index (χ2n) is 5.38. The Morgan fingerprint density at radius 2 is 2.08 bits per heavy atom. The summed E-state index contributed by atoms with van der Waals surface area (Å²) >= 11 is 1.33. The molecule has 0 amide bonds. The Kier molecular flexibility index (Phi) is 4.73. The minimum atomic E-state index is -0.852. The molecular weight excluding hydrogens is 328 g/mol. The molecule has 7 heteroatoms. The quantitative estimate of drug-likeness (QED) is 0.693. The lowest BCUT2D eigenvalue weighted by Gasteiger charge is -2.13. The number of carbonyl (C=O) groups is 1. The van der Waals surface area contributed by atoms with Crippen LogP contribution in [-0.2, 0) is 6.54 Å². The van der Waals surface area contributed by atoms with E-state index >= 15 is 0 Å². The van der Waals surface area contributed by atoms with E-state index in [4.69, 9.17) is 4.74 Å². The largest absolute Gasteiger partial charge is 0.491 e. The normalized spacial score (nSPS) is 12.2. The summed E-state index contributed by atoms with van der Waals surface area (Å²) in [5.41, 5.74) is 1.10. The number of ketones is 1. The van der Waals surface area contributed by atoms with Gasteiger partial charge in [0.1, 0.15) is 23.2 Å². The van der Waals surface area contributed by atoms with Gasteiger partial charge in [-0.3, -0.25) is 14.2 Å². The van der Waals surface area contributed by atoms with E-state index in [9.17, 15) is 14.7 Å². The molecule has 0 aliphatic heterocycles. The number of aliphatic hydroxyl groups excluding tert-OH is 1. The number of hydrogen-bond donors (Lipinski definition) is 1. The number of aliphatic hydroxyl groups is 1. The summed E-state index contributed by atoms with van der Waals surface area (Å²) in [7, 11) is 0. The van der Waals surface area contributed by atoms with Gasteiger partial charge in [-0.05, 0) is 42.6 Å². The summed E-state index contributed by atoms with van der Waals surface area (Å²) in [6.45, 7) is 1.63. The van der Waals surface area contributed by atoms with Gasteiger partial charge in [0.25, 0.3) is 5.56 Å². The molecule has 1 aromatic carbocycles. The Labute approximate surface area is 142 Å². The molecule has 0 saturated heterocycles. The number of aromatic nitrogens is 2. The maximum Gasteiger partial charge on any atom is 0.271 e. The van der Waals surface area contributed by atoms with Crippen LogP contribution >= 0.6 is 11.3 Å². The van der Waals surface area contributed by atoms with Crippen molar-refractivity contribution in [1.82, 2.24) is 9.55 Å². The van der Waals surface area contributed by atoms with E-state index in [2.05, 4.69) is 4.98 Å². The fourth-order valence-corrected chi connectivity index (χ4v) is 3.06. The first kappa shape index (κ1) is 16.4. The van der Waals surface area contributed by atoms with Crippen LogP contribution in [0, 0.1) is 0 Å². The standard InChI is InChI=1S/C17H16N2O4S/c1-11(20)12-2-4-14(5-3-12)23-9-13(21)8-19-10-18-15-6-7-24-16(15)17(19)22/h2-7,10,13,21H,8-9H2,1H3. The van der Waals surface area contributed by atoms with Gasteiger partial charge in [0.15, 0.2) is 5.78 Å². The van der Waals surface area contributed by atoms with E-state index in [-0.39, 0.29) is 24.5 Å². The SMILES string of the molecule is CC(=O)c1ccc(OCC(O)Cn2cnc3ccsc3c2=O)cc1. The lowest BCUT2D eigenvalue weighted by atomic mass is 10.1. The van der Waals surface area contributed by atoms with Crippen molar-refractivity contribution in [1.29, 1.82) is 0 Å². The molecule has 0 fully saturated rings. The van der Waals surface area contributed by atoms with E-state index in [1.54, 1.807) is 30.3 Å². The molecule has 0 aliphatic rings. The molecule has 3 aromatic rings. The lowest BCUT2D eigenvalue weighted by molar-refractivity contribution is 0.0914. The highest BCUT2D eigenvalue weighted by atomic mass is 32.1. The third-order valence-corrected chi connectivity index (χ3v) is 4.44. The van der Waals surface area contributed by atoms with Gasteiger partial charge in [-0.2, -0.15) is 0 Å². The molecule has 124 valence electrons. The number of nitrogens with zero attached hydrogens (tertiary/aromatic N) is 2. The Morgan fingerprint density at radius 3 is 2.79 bits per heavy atom. The van der Waals surface area contributed by atoms with Crippen LogP contribution in [0.2, 0.25) is 0 Å². The van der Waals surface area contributed by atoms with E-state index in [0.717, 1.165) is 0 Å². The molecule has 0 saturated carbocycles. The van der Waals surface area contributed by atoms with E-state index in [0.29, 0.717) is 21.5 Å². The number of hydrogen-bond acceptors (Lipinski definition) is 6. The third-order valence-electron chi connectivity index (χ3n) is 3.55. The summed E-state index contributed by atoms with van der Waals surface area (Å²) in [5, 5.41) is 11.9. The van der Waals surface area contributed by atoms with Crippen molar-refractivity contribution in [2.24, 2.45) is 0 Å². The Balaban J connectivity index is 1.62. The zero-order valence-electron chi connectivity index (χ0n) is 13.0. The smallest absolute Gasteiger partial charge is 0.271 e.